The number of rotatable bonds is 4. The van der Waals surface area contributed by atoms with Crippen LogP contribution in [0.25, 0.3) is 16.8 Å². The number of nitrogens with zero attached hydrogens (tertiary/aromatic N) is 2. The molecule has 3 nitrogen and oxygen atoms in total. The monoisotopic (exact) mass is 439 g/mol. The number of aromatic nitrogens is 1. The van der Waals surface area contributed by atoms with E-state index in [4.69, 9.17) is 23.2 Å². The zero-order valence-corrected chi connectivity index (χ0v) is 16.2. The maximum absolute atomic E-state index is 12.8. The third-order valence-electron chi connectivity index (χ3n) is 3.64. The Kier molecular flexibility index (Phi) is 5.94. The van der Waals surface area contributed by atoms with Crippen LogP contribution in [0.3, 0.4) is 0 Å². The van der Waals surface area contributed by atoms with Crippen LogP contribution in [0.5, 0.6) is 0 Å². The van der Waals surface area contributed by atoms with Gasteiger partial charge in [0, 0.05) is 27.9 Å². The number of anilines is 1. The highest BCUT2D eigenvalue weighted by Crippen LogP contribution is 2.33. The minimum Gasteiger partial charge on any atom is -0.360 e. The number of alkyl halides is 3. The van der Waals surface area contributed by atoms with Gasteiger partial charge in [-0.25, -0.2) is 4.98 Å². The van der Waals surface area contributed by atoms with Crippen molar-refractivity contribution in [2.24, 2.45) is 0 Å². The van der Waals surface area contributed by atoms with E-state index in [1.807, 2.05) is 6.07 Å². The predicted molar refractivity (Wildman–Crippen MR) is 106 cm³/mol. The summed E-state index contributed by atoms with van der Waals surface area (Å²) in [5.41, 5.74) is 0.843. The average molecular weight is 440 g/mol. The number of halogens is 5. The van der Waals surface area contributed by atoms with Gasteiger partial charge < -0.3 is 5.32 Å². The second-order valence-electron chi connectivity index (χ2n) is 5.55. The summed E-state index contributed by atoms with van der Waals surface area (Å²) in [5, 5.41) is 15.2. The standard InChI is InChI=1S/C19H10Cl2F3N3S/c20-13-4-5-15(16(21)7-13)17-10-28-18(27-17)11(8-25)9-26-14-3-1-2-12(6-14)19(22,23)24/h1-7,9-10,26H/b11-9-. The molecule has 28 heavy (non-hydrogen) atoms. The quantitative estimate of drug-likeness (QED) is 0.440. The van der Waals surface area contributed by atoms with Gasteiger partial charge in [0.2, 0.25) is 0 Å². The number of allylic oxidation sites excluding steroid dienone is 1. The zero-order valence-electron chi connectivity index (χ0n) is 13.9. The molecule has 0 aliphatic carbocycles. The van der Waals surface area contributed by atoms with Crippen LogP contribution >= 0.6 is 34.5 Å². The largest absolute Gasteiger partial charge is 0.416 e. The van der Waals surface area contributed by atoms with Crippen molar-refractivity contribution in [2.75, 3.05) is 5.32 Å². The number of nitriles is 1. The summed E-state index contributed by atoms with van der Waals surface area (Å²) in [7, 11) is 0. The first-order chi connectivity index (χ1) is 13.3. The fourth-order valence-electron chi connectivity index (χ4n) is 2.30. The van der Waals surface area contributed by atoms with E-state index in [2.05, 4.69) is 10.3 Å². The molecular formula is C19H10Cl2F3N3S. The van der Waals surface area contributed by atoms with Gasteiger partial charge in [0.25, 0.3) is 0 Å². The van der Waals surface area contributed by atoms with Crippen LogP contribution in [0.15, 0.2) is 54.0 Å². The van der Waals surface area contributed by atoms with Crippen LogP contribution in [-0.4, -0.2) is 4.98 Å². The Morgan fingerprint density at radius 3 is 2.64 bits per heavy atom. The maximum atomic E-state index is 12.8. The first kappa shape index (κ1) is 20.2. The van der Waals surface area contributed by atoms with Crippen LogP contribution in [0, 0.1) is 11.3 Å². The molecule has 1 N–H and O–H groups in total. The molecule has 0 saturated carbocycles. The van der Waals surface area contributed by atoms with E-state index in [1.54, 1.807) is 23.6 Å². The van der Waals surface area contributed by atoms with Gasteiger partial charge in [-0.3, -0.25) is 0 Å². The molecule has 0 aliphatic heterocycles. The topological polar surface area (TPSA) is 48.7 Å². The molecular weight excluding hydrogens is 430 g/mol. The van der Waals surface area contributed by atoms with Crippen molar-refractivity contribution in [2.45, 2.75) is 6.18 Å². The average Bonchev–Trinajstić information content (AvgIpc) is 3.11. The fourth-order valence-corrected chi connectivity index (χ4v) is 3.59. The van der Waals surface area contributed by atoms with Crippen molar-refractivity contribution < 1.29 is 13.2 Å². The number of thiazole rings is 1. The van der Waals surface area contributed by atoms with Gasteiger partial charge in [0.15, 0.2) is 0 Å². The number of hydrogen-bond acceptors (Lipinski definition) is 4. The van der Waals surface area contributed by atoms with Crippen molar-refractivity contribution in [3.8, 4) is 17.3 Å². The van der Waals surface area contributed by atoms with Gasteiger partial charge in [-0.1, -0.05) is 29.3 Å². The van der Waals surface area contributed by atoms with Crippen molar-refractivity contribution in [3.63, 3.8) is 0 Å². The summed E-state index contributed by atoms with van der Waals surface area (Å²) in [6, 6.07) is 11.7. The molecule has 0 saturated heterocycles. The van der Waals surface area contributed by atoms with Crippen molar-refractivity contribution in [3.05, 3.63) is 74.7 Å². The van der Waals surface area contributed by atoms with E-state index < -0.39 is 11.7 Å². The first-order valence-corrected chi connectivity index (χ1v) is 9.37. The van der Waals surface area contributed by atoms with E-state index in [0.29, 0.717) is 26.3 Å². The van der Waals surface area contributed by atoms with E-state index in [-0.39, 0.29) is 11.3 Å². The lowest BCUT2D eigenvalue weighted by molar-refractivity contribution is -0.137. The molecule has 1 heterocycles. The van der Waals surface area contributed by atoms with Crippen molar-refractivity contribution in [1.29, 1.82) is 5.26 Å². The molecule has 2 aromatic carbocycles. The Morgan fingerprint density at radius 1 is 1.18 bits per heavy atom. The smallest absolute Gasteiger partial charge is 0.360 e. The predicted octanol–water partition coefficient (Wildman–Crippen LogP) is 7.11. The maximum Gasteiger partial charge on any atom is 0.416 e. The highest BCUT2D eigenvalue weighted by Gasteiger charge is 2.30. The van der Waals surface area contributed by atoms with Gasteiger partial charge in [-0.2, -0.15) is 18.4 Å². The number of benzene rings is 2. The SMILES string of the molecule is N#C/C(=C/Nc1cccc(C(F)(F)F)c1)c1nc(-c2ccc(Cl)cc2Cl)cs1. The molecule has 9 heteroatoms. The molecule has 0 amide bonds. The minimum absolute atomic E-state index is 0.179. The van der Waals surface area contributed by atoms with E-state index in [9.17, 15) is 18.4 Å². The lowest BCUT2D eigenvalue weighted by atomic mass is 10.2. The first-order valence-electron chi connectivity index (χ1n) is 7.73. The molecule has 0 fully saturated rings. The Morgan fingerprint density at radius 2 is 1.96 bits per heavy atom. The third kappa shape index (κ3) is 4.65. The molecule has 3 rings (SSSR count). The van der Waals surface area contributed by atoms with Gasteiger partial charge >= 0.3 is 6.18 Å². The van der Waals surface area contributed by atoms with Gasteiger partial charge in [0.05, 0.1) is 16.3 Å². The molecule has 0 spiro atoms. The molecule has 0 aliphatic rings. The molecule has 0 bridgehead atoms. The van der Waals surface area contributed by atoms with E-state index in [1.165, 1.54) is 29.7 Å². The third-order valence-corrected chi connectivity index (χ3v) is 5.06. The summed E-state index contributed by atoms with van der Waals surface area (Å²) in [6.45, 7) is 0. The summed E-state index contributed by atoms with van der Waals surface area (Å²) < 4.78 is 38.4. The Hall–Kier alpha value is -2.53. The fraction of sp³-hybridized carbons (Fsp3) is 0.0526. The molecule has 3 aromatic rings. The highest BCUT2D eigenvalue weighted by molar-refractivity contribution is 7.11. The molecule has 142 valence electrons. The Bertz CT molecular complexity index is 1080. The highest BCUT2D eigenvalue weighted by atomic mass is 35.5. The Balaban J connectivity index is 1.85. The van der Waals surface area contributed by atoms with Crippen molar-refractivity contribution in [1.82, 2.24) is 4.98 Å². The summed E-state index contributed by atoms with van der Waals surface area (Å²) in [4.78, 5) is 4.39. The lowest BCUT2D eigenvalue weighted by Gasteiger charge is -2.08. The molecule has 0 unspecified atom stereocenters. The summed E-state index contributed by atoms with van der Waals surface area (Å²) >= 11 is 13.3. The molecule has 0 atom stereocenters. The van der Waals surface area contributed by atoms with Crippen LogP contribution < -0.4 is 5.32 Å². The normalized spacial score (nSPS) is 11.9. The van der Waals surface area contributed by atoms with Crippen LogP contribution in [0.1, 0.15) is 10.6 Å². The summed E-state index contributed by atoms with van der Waals surface area (Å²) in [5.74, 6) is 0. The lowest BCUT2D eigenvalue weighted by Crippen LogP contribution is -2.05. The van der Waals surface area contributed by atoms with Gasteiger partial charge in [-0.15, -0.1) is 11.3 Å². The van der Waals surface area contributed by atoms with Crippen LogP contribution in [-0.2, 0) is 6.18 Å². The van der Waals surface area contributed by atoms with Gasteiger partial charge in [-0.05, 0) is 36.4 Å². The zero-order chi connectivity index (χ0) is 20.3. The van der Waals surface area contributed by atoms with E-state index in [0.717, 1.165) is 12.1 Å². The number of nitrogens with one attached hydrogen (secondary N) is 1. The van der Waals surface area contributed by atoms with Crippen LogP contribution in [0.4, 0.5) is 18.9 Å². The van der Waals surface area contributed by atoms with Gasteiger partial charge in [0.1, 0.15) is 16.6 Å². The summed E-state index contributed by atoms with van der Waals surface area (Å²) in [6.07, 6.45) is -3.12. The number of hydrogen-bond donors (Lipinski definition) is 1. The Labute approximate surface area is 172 Å². The molecule has 1 aromatic heterocycles. The van der Waals surface area contributed by atoms with Crippen molar-refractivity contribution >= 4 is 45.8 Å². The molecule has 0 radical (unpaired) electrons. The van der Waals surface area contributed by atoms with E-state index >= 15 is 0 Å². The minimum atomic E-state index is -4.44. The van der Waals surface area contributed by atoms with Crippen LogP contribution in [0.2, 0.25) is 10.0 Å². The second-order valence-corrected chi connectivity index (χ2v) is 7.26. The second kappa shape index (κ2) is 8.23.